The number of halogens is 2. The lowest BCUT2D eigenvalue weighted by molar-refractivity contribution is 0.297. The SMILES string of the molecule is CSC=O.Cc1cc(F)ccc1OCc1c(F)cccc1N(C)N=O. The number of carbonyl (C=O) groups is 1. The first-order valence-electron chi connectivity index (χ1n) is 7.14. The molecule has 2 aromatic carbocycles. The maximum absolute atomic E-state index is 13.9. The summed E-state index contributed by atoms with van der Waals surface area (Å²) in [5.41, 5.74) is 1.93. The minimum atomic E-state index is -0.497. The van der Waals surface area contributed by atoms with Crippen molar-refractivity contribution in [3.63, 3.8) is 0 Å². The fourth-order valence-electron chi connectivity index (χ4n) is 1.96. The van der Waals surface area contributed by atoms with Crippen LogP contribution in [0.25, 0.3) is 0 Å². The second-order valence-electron chi connectivity index (χ2n) is 4.87. The fourth-order valence-corrected chi connectivity index (χ4v) is 1.96. The average Bonchev–Trinajstić information content (AvgIpc) is 2.61. The molecular weight excluding hydrogens is 350 g/mol. The number of carbonyl (C=O) groups excluding carboxylic acids is 1. The van der Waals surface area contributed by atoms with E-state index in [0.29, 0.717) is 17.0 Å². The van der Waals surface area contributed by atoms with E-state index < -0.39 is 5.82 Å². The van der Waals surface area contributed by atoms with Gasteiger partial charge in [0.05, 0.1) is 16.5 Å². The summed E-state index contributed by atoms with van der Waals surface area (Å²) in [4.78, 5) is 19.7. The maximum atomic E-state index is 13.9. The highest BCUT2D eigenvalue weighted by molar-refractivity contribution is 8.11. The Kier molecular flexibility index (Phi) is 8.55. The van der Waals surface area contributed by atoms with E-state index in [2.05, 4.69) is 5.29 Å². The lowest BCUT2D eigenvalue weighted by Gasteiger charge is -2.16. The number of aryl methyl sites for hydroxylation is 1. The van der Waals surface area contributed by atoms with Crippen LogP contribution in [-0.4, -0.2) is 18.9 Å². The molecule has 0 aromatic heterocycles. The van der Waals surface area contributed by atoms with Gasteiger partial charge in [0.1, 0.15) is 24.0 Å². The molecule has 0 atom stereocenters. The molecule has 0 N–H and O–H groups in total. The molecule has 2 aromatic rings. The molecule has 2 rings (SSSR count). The van der Waals surface area contributed by atoms with Crippen molar-refractivity contribution in [2.45, 2.75) is 13.5 Å². The third kappa shape index (κ3) is 6.15. The Morgan fingerprint density at radius 3 is 2.52 bits per heavy atom. The molecule has 0 saturated heterocycles. The second-order valence-corrected chi connectivity index (χ2v) is 5.54. The largest absolute Gasteiger partial charge is 0.488 e. The summed E-state index contributed by atoms with van der Waals surface area (Å²) in [6, 6.07) is 8.41. The van der Waals surface area contributed by atoms with Gasteiger partial charge in [0.15, 0.2) is 5.62 Å². The zero-order valence-electron chi connectivity index (χ0n) is 14.0. The summed E-state index contributed by atoms with van der Waals surface area (Å²) in [6.45, 7) is 1.61. The summed E-state index contributed by atoms with van der Waals surface area (Å²) in [7, 11) is 1.43. The van der Waals surface area contributed by atoms with Crippen LogP contribution >= 0.6 is 11.8 Å². The molecule has 134 valence electrons. The van der Waals surface area contributed by atoms with Gasteiger partial charge in [0.25, 0.3) is 0 Å². The van der Waals surface area contributed by atoms with Crippen LogP contribution in [0.4, 0.5) is 14.5 Å². The van der Waals surface area contributed by atoms with Crippen LogP contribution in [0.5, 0.6) is 5.75 Å². The number of nitroso groups, excluding NO2 is 1. The van der Waals surface area contributed by atoms with E-state index in [4.69, 9.17) is 9.53 Å². The Morgan fingerprint density at radius 1 is 1.28 bits per heavy atom. The summed E-state index contributed by atoms with van der Waals surface area (Å²) in [5, 5.41) is 3.78. The van der Waals surface area contributed by atoms with Gasteiger partial charge in [-0.1, -0.05) is 17.8 Å². The van der Waals surface area contributed by atoms with Crippen molar-refractivity contribution in [2.75, 3.05) is 18.3 Å². The van der Waals surface area contributed by atoms with Crippen molar-refractivity contribution < 1.29 is 18.3 Å². The van der Waals surface area contributed by atoms with Gasteiger partial charge in [0.2, 0.25) is 0 Å². The minimum Gasteiger partial charge on any atom is -0.488 e. The van der Waals surface area contributed by atoms with Crippen LogP contribution in [-0.2, 0) is 11.4 Å². The standard InChI is InChI=1S/C15H14F2N2O2.C2H4OS/c1-10-8-11(16)6-7-15(10)21-9-12-13(17)4-3-5-14(12)19(2)18-20;1-4-2-3/h3-8H,9H2,1-2H3;2H,1H3. The highest BCUT2D eigenvalue weighted by Crippen LogP contribution is 2.26. The Balaban J connectivity index is 0.000000705. The number of ether oxygens (including phenoxy) is 1. The third-order valence-electron chi connectivity index (χ3n) is 3.17. The lowest BCUT2D eigenvalue weighted by atomic mass is 10.1. The van der Waals surface area contributed by atoms with Crippen molar-refractivity contribution in [3.8, 4) is 5.75 Å². The summed E-state index contributed by atoms with van der Waals surface area (Å²) in [5.74, 6) is -0.411. The van der Waals surface area contributed by atoms with E-state index >= 15 is 0 Å². The molecular formula is C17H18F2N2O3S. The molecule has 0 saturated carbocycles. The molecule has 0 unspecified atom stereocenters. The Morgan fingerprint density at radius 2 is 1.96 bits per heavy atom. The zero-order valence-corrected chi connectivity index (χ0v) is 14.8. The monoisotopic (exact) mass is 368 g/mol. The molecule has 0 amide bonds. The highest BCUT2D eigenvalue weighted by Gasteiger charge is 2.14. The summed E-state index contributed by atoms with van der Waals surface area (Å²) in [6.07, 6.45) is 1.73. The van der Waals surface area contributed by atoms with Crippen molar-refractivity contribution in [2.24, 2.45) is 5.29 Å². The Labute approximate surface area is 148 Å². The van der Waals surface area contributed by atoms with Crippen LogP contribution in [0.15, 0.2) is 41.7 Å². The van der Waals surface area contributed by atoms with Crippen molar-refractivity contribution >= 4 is 23.1 Å². The maximum Gasteiger partial charge on any atom is 0.175 e. The van der Waals surface area contributed by atoms with Crippen LogP contribution in [0.2, 0.25) is 0 Å². The van der Waals surface area contributed by atoms with Crippen LogP contribution < -0.4 is 9.75 Å². The van der Waals surface area contributed by atoms with Gasteiger partial charge in [-0.25, -0.2) is 13.8 Å². The molecule has 0 aliphatic rings. The number of rotatable bonds is 6. The molecule has 0 aliphatic carbocycles. The van der Waals surface area contributed by atoms with E-state index in [9.17, 15) is 13.7 Å². The molecule has 25 heavy (non-hydrogen) atoms. The summed E-state index contributed by atoms with van der Waals surface area (Å²) < 4.78 is 32.4. The van der Waals surface area contributed by atoms with E-state index in [-0.39, 0.29) is 18.0 Å². The van der Waals surface area contributed by atoms with Crippen molar-refractivity contribution in [1.82, 2.24) is 0 Å². The fraction of sp³-hybridized carbons (Fsp3) is 0.235. The molecule has 0 radical (unpaired) electrons. The molecule has 0 aliphatic heterocycles. The molecule has 5 nitrogen and oxygen atoms in total. The van der Waals surface area contributed by atoms with Crippen LogP contribution in [0, 0.1) is 23.5 Å². The smallest absolute Gasteiger partial charge is 0.175 e. The van der Waals surface area contributed by atoms with Gasteiger partial charge in [0, 0.05) is 7.05 Å². The van der Waals surface area contributed by atoms with E-state index in [1.165, 1.54) is 49.1 Å². The van der Waals surface area contributed by atoms with Gasteiger partial charge >= 0.3 is 0 Å². The van der Waals surface area contributed by atoms with Crippen molar-refractivity contribution in [3.05, 3.63) is 64.1 Å². The van der Waals surface area contributed by atoms with E-state index in [0.717, 1.165) is 10.6 Å². The predicted octanol–water partition coefficient (Wildman–Crippen LogP) is 4.51. The van der Waals surface area contributed by atoms with Gasteiger partial charge in [-0.3, -0.25) is 4.79 Å². The van der Waals surface area contributed by atoms with Gasteiger partial charge in [-0.15, -0.1) is 4.91 Å². The number of benzene rings is 2. The Bertz CT molecular complexity index is 729. The number of thioether (sulfide) groups is 1. The van der Waals surface area contributed by atoms with Crippen LogP contribution in [0.3, 0.4) is 0 Å². The number of nitrogens with zero attached hydrogens (tertiary/aromatic N) is 2. The van der Waals surface area contributed by atoms with Crippen molar-refractivity contribution in [1.29, 1.82) is 0 Å². The predicted molar refractivity (Wildman–Crippen MR) is 96.3 cm³/mol. The second kappa shape index (κ2) is 10.4. The van der Waals surface area contributed by atoms with E-state index in [1.807, 2.05) is 0 Å². The van der Waals surface area contributed by atoms with Gasteiger partial charge in [-0.2, -0.15) is 0 Å². The minimum absolute atomic E-state index is 0.0889. The molecule has 8 heteroatoms. The number of anilines is 1. The van der Waals surface area contributed by atoms with Gasteiger partial charge in [-0.05, 0) is 49.1 Å². The number of hydrogen-bond acceptors (Lipinski definition) is 5. The topological polar surface area (TPSA) is 59.0 Å². The summed E-state index contributed by atoms with van der Waals surface area (Å²) >= 11 is 1.18. The molecule has 0 heterocycles. The zero-order chi connectivity index (χ0) is 18.8. The molecule has 0 spiro atoms. The number of hydrogen-bond donors (Lipinski definition) is 0. The normalized spacial score (nSPS) is 9.64. The highest BCUT2D eigenvalue weighted by atomic mass is 32.2. The first kappa shape index (κ1) is 20.6. The van der Waals surface area contributed by atoms with Gasteiger partial charge < -0.3 is 4.74 Å². The van der Waals surface area contributed by atoms with Crippen LogP contribution in [0.1, 0.15) is 11.1 Å². The molecule has 0 fully saturated rings. The van der Waals surface area contributed by atoms with E-state index in [1.54, 1.807) is 19.2 Å². The average molecular weight is 368 g/mol. The Hall–Kier alpha value is -2.48. The third-order valence-corrected chi connectivity index (χ3v) is 3.36. The lowest BCUT2D eigenvalue weighted by Crippen LogP contribution is -2.12. The quantitative estimate of drug-likeness (QED) is 0.427. The molecule has 0 bridgehead atoms. The first-order valence-corrected chi connectivity index (χ1v) is 8.43. The first-order chi connectivity index (χ1) is 11.9.